The molecule has 1 heterocycles. The molecule has 1 fully saturated rings. The van der Waals surface area contributed by atoms with Crippen molar-refractivity contribution in [3.8, 4) is 0 Å². The molecule has 0 spiro atoms. The van der Waals surface area contributed by atoms with E-state index in [2.05, 4.69) is 45.9 Å². The SMILES string of the molecule is CNC(=O)CNC1CCN(CCc2ccccc2)C1. The molecule has 1 aliphatic heterocycles. The Morgan fingerprint density at radius 3 is 2.89 bits per heavy atom. The van der Waals surface area contributed by atoms with E-state index in [1.54, 1.807) is 7.05 Å². The summed E-state index contributed by atoms with van der Waals surface area (Å²) in [5.41, 5.74) is 1.39. The molecule has 2 rings (SSSR count). The number of carbonyl (C=O) groups is 1. The lowest BCUT2D eigenvalue weighted by atomic mass is 10.1. The van der Waals surface area contributed by atoms with Gasteiger partial charge in [-0.2, -0.15) is 0 Å². The highest BCUT2D eigenvalue weighted by molar-refractivity contribution is 5.77. The van der Waals surface area contributed by atoms with E-state index in [1.165, 1.54) is 5.56 Å². The molecule has 0 radical (unpaired) electrons. The average Bonchev–Trinajstić information content (AvgIpc) is 2.91. The summed E-state index contributed by atoms with van der Waals surface area (Å²) >= 11 is 0. The number of carbonyl (C=O) groups excluding carboxylic acids is 1. The summed E-state index contributed by atoms with van der Waals surface area (Å²) in [6.45, 7) is 3.69. The zero-order valence-corrected chi connectivity index (χ0v) is 11.6. The topological polar surface area (TPSA) is 44.4 Å². The minimum Gasteiger partial charge on any atom is -0.358 e. The Hall–Kier alpha value is -1.39. The Kier molecular flexibility index (Phi) is 5.36. The second kappa shape index (κ2) is 7.26. The third kappa shape index (κ3) is 4.65. The Morgan fingerprint density at radius 1 is 1.37 bits per heavy atom. The van der Waals surface area contributed by atoms with Crippen molar-refractivity contribution < 1.29 is 4.79 Å². The first-order valence-corrected chi connectivity index (χ1v) is 6.98. The van der Waals surface area contributed by atoms with Crippen molar-refractivity contribution in [3.05, 3.63) is 35.9 Å². The van der Waals surface area contributed by atoms with Crippen LogP contribution >= 0.6 is 0 Å². The predicted molar refractivity (Wildman–Crippen MR) is 77.1 cm³/mol. The molecule has 19 heavy (non-hydrogen) atoms. The maximum atomic E-state index is 11.2. The first-order chi connectivity index (χ1) is 9.28. The van der Waals surface area contributed by atoms with Crippen molar-refractivity contribution in [3.63, 3.8) is 0 Å². The Labute approximate surface area is 115 Å². The number of likely N-dealkylation sites (tertiary alicyclic amines) is 1. The van der Waals surface area contributed by atoms with Gasteiger partial charge in [0.05, 0.1) is 6.54 Å². The van der Waals surface area contributed by atoms with E-state index in [-0.39, 0.29) is 5.91 Å². The minimum absolute atomic E-state index is 0.0581. The number of amides is 1. The van der Waals surface area contributed by atoms with Crippen LogP contribution < -0.4 is 10.6 Å². The van der Waals surface area contributed by atoms with Crippen LogP contribution in [0.15, 0.2) is 30.3 Å². The van der Waals surface area contributed by atoms with Gasteiger partial charge in [-0.15, -0.1) is 0 Å². The summed E-state index contributed by atoms with van der Waals surface area (Å²) in [5, 5.41) is 5.94. The lowest BCUT2D eigenvalue weighted by Crippen LogP contribution is -2.39. The first-order valence-electron chi connectivity index (χ1n) is 6.98. The zero-order valence-electron chi connectivity index (χ0n) is 11.6. The smallest absolute Gasteiger partial charge is 0.233 e. The van der Waals surface area contributed by atoms with Crippen LogP contribution in [0, 0.1) is 0 Å². The van der Waals surface area contributed by atoms with Crippen molar-refractivity contribution in [2.75, 3.05) is 33.2 Å². The number of benzene rings is 1. The molecule has 1 aliphatic rings. The fourth-order valence-electron chi connectivity index (χ4n) is 2.46. The molecule has 104 valence electrons. The quantitative estimate of drug-likeness (QED) is 0.790. The first kappa shape index (κ1) is 14.0. The lowest BCUT2D eigenvalue weighted by molar-refractivity contribution is -0.119. The minimum atomic E-state index is 0.0581. The van der Waals surface area contributed by atoms with E-state index < -0.39 is 0 Å². The normalized spacial score (nSPS) is 19.5. The van der Waals surface area contributed by atoms with Crippen LogP contribution in [0.25, 0.3) is 0 Å². The number of hydrogen-bond acceptors (Lipinski definition) is 3. The van der Waals surface area contributed by atoms with Gasteiger partial charge in [0.1, 0.15) is 0 Å². The number of hydrogen-bond donors (Lipinski definition) is 2. The fourth-order valence-corrected chi connectivity index (χ4v) is 2.46. The van der Waals surface area contributed by atoms with Crippen LogP contribution in [0.1, 0.15) is 12.0 Å². The van der Waals surface area contributed by atoms with E-state index in [0.29, 0.717) is 12.6 Å². The highest BCUT2D eigenvalue weighted by atomic mass is 16.1. The molecule has 4 heteroatoms. The number of rotatable bonds is 6. The molecule has 1 aromatic rings. The molecule has 1 unspecified atom stereocenters. The van der Waals surface area contributed by atoms with Crippen LogP contribution in [-0.2, 0) is 11.2 Å². The van der Waals surface area contributed by atoms with Crippen molar-refractivity contribution in [2.45, 2.75) is 18.9 Å². The summed E-state index contributed by atoms with van der Waals surface area (Å²) < 4.78 is 0. The second-order valence-corrected chi connectivity index (χ2v) is 5.08. The predicted octanol–water partition coefficient (Wildman–Crippen LogP) is 0.639. The number of nitrogens with zero attached hydrogens (tertiary/aromatic N) is 1. The summed E-state index contributed by atoms with van der Waals surface area (Å²) in [7, 11) is 1.67. The maximum absolute atomic E-state index is 11.2. The number of likely N-dealkylation sites (N-methyl/N-ethyl adjacent to an activating group) is 1. The Morgan fingerprint density at radius 2 is 2.16 bits per heavy atom. The van der Waals surface area contributed by atoms with Gasteiger partial charge in [0.25, 0.3) is 0 Å². The summed E-state index contributed by atoms with van der Waals surface area (Å²) in [6, 6.07) is 11.0. The second-order valence-electron chi connectivity index (χ2n) is 5.08. The molecule has 1 saturated heterocycles. The molecule has 0 aliphatic carbocycles. The third-order valence-electron chi connectivity index (χ3n) is 3.66. The number of nitrogens with one attached hydrogen (secondary N) is 2. The van der Waals surface area contributed by atoms with E-state index in [4.69, 9.17) is 0 Å². The van der Waals surface area contributed by atoms with Crippen LogP contribution in [0.4, 0.5) is 0 Å². The van der Waals surface area contributed by atoms with Gasteiger partial charge in [0.15, 0.2) is 0 Å². The highest BCUT2D eigenvalue weighted by Gasteiger charge is 2.21. The summed E-state index contributed by atoms with van der Waals surface area (Å²) in [4.78, 5) is 13.6. The van der Waals surface area contributed by atoms with Gasteiger partial charge in [0.2, 0.25) is 5.91 Å². The van der Waals surface area contributed by atoms with Gasteiger partial charge in [-0.25, -0.2) is 0 Å². The van der Waals surface area contributed by atoms with Gasteiger partial charge < -0.3 is 15.5 Å². The maximum Gasteiger partial charge on any atom is 0.233 e. The van der Waals surface area contributed by atoms with Crippen molar-refractivity contribution in [1.29, 1.82) is 0 Å². The molecule has 0 saturated carbocycles. The van der Waals surface area contributed by atoms with E-state index >= 15 is 0 Å². The molecule has 1 amide bonds. The lowest BCUT2D eigenvalue weighted by Gasteiger charge is -2.16. The summed E-state index contributed by atoms with van der Waals surface area (Å²) in [5.74, 6) is 0.0581. The Bertz CT molecular complexity index is 394. The molecular weight excluding hydrogens is 238 g/mol. The van der Waals surface area contributed by atoms with E-state index in [9.17, 15) is 4.79 Å². The molecule has 1 aromatic carbocycles. The van der Waals surface area contributed by atoms with Gasteiger partial charge in [-0.3, -0.25) is 4.79 Å². The van der Waals surface area contributed by atoms with Gasteiger partial charge in [0, 0.05) is 26.2 Å². The molecular formula is C15H23N3O. The monoisotopic (exact) mass is 261 g/mol. The van der Waals surface area contributed by atoms with Crippen LogP contribution in [0.5, 0.6) is 0 Å². The van der Waals surface area contributed by atoms with Crippen molar-refractivity contribution >= 4 is 5.91 Å². The largest absolute Gasteiger partial charge is 0.358 e. The van der Waals surface area contributed by atoms with Crippen molar-refractivity contribution in [2.24, 2.45) is 0 Å². The third-order valence-corrected chi connectivity index (χ3v) is 3.66. The van der Waals surface area contributed by atoms with E-state index in [0.717, 1.165) is 32.5 Å². The van der Waals surface area contributed by atoms with Gasteiger partial charge in [-0.1, -0.05) is 30.3 Å². The molecule has 2 N–H and O–H groups in total. The van der Waals surface area contributed by atoms with Gasteiger partial charge >= 0.3 is 0 Å². The van der Waals surface area contributed by atoms with Crippen LogP contribution in [-0.4, -0.2) is 50.1 Å². The summed E-state index contributed by atoms with van der Waals surface area (Å²) in [6.07, 6.45) is 2.23. The van der Waals surface area contributed by atoms with Crippen LogP contribution in [0.3, 0.4) is 0 Å². The molecule has 0 aromatic heterocycles. The van der Waals surface area contributed by atoms with E-state index in [1.807, 2.05) is 0 Å². The average molecular weight is 261 g/mol. The highest BCUT2D eigenvalue weighted by Crippen LogP contribution is 2.10. The van der Waals surface area contributed by atoms with Crippen LogP contribution in [0.2, 0.25) is 0 Å². The standard InChI is InChI=1S/C15H23N3O/c1-16-15(19)11-17-14-8-10-18(12-14)9-7-13-5-3-2-4-6-13/h2-6,14,17H,7-12H2,1H3,(H,16,19). The zero-order chi connectivity index (χ0) is 13.5. The molecule has 1 atom stereocenters. The fraction of sp³-hybridized carbons (Fsp3) is 0.533. The Balaban J connectivity index is 1.66. The molecule has 4 nitrogen and oxygen atoms in total. The molecule has 0 bridgehead atoms. The van der Waals surface area contributed by atoms with Gasteiger partial charge in [-0.05, 0) is 24.9 Å². The van der Waals surface area contributed by atoms with Crippen molar-refractivity contribution in [1.82, 2.24) is 15.5 Å².